The topological polar surface area (TPSA) is 56.3 Å². The molecule has 0 radical (unpaired) electrons. The molecule has 0 amide bonds. The average Bonchev–Trinajstić information content (AvgIpc) is 2.71. The normalized spacial score (nSPS) is 20.8. The van der Waals surface area contributed by atoms with E-state index < -0.39 is 0 Å². The van der Waals surface area contributed by atoms with Gasteiger partial charge in [-0.05, 0) is 13.0 Å². The van der Waals surface area contributed by atoms with E-state index in [1.54, 1.807) is 19.4 Å². The minimum atomic E-state index is 0.183. The molecule has 0 saturated carbocycles. The molecule has 1 aliphatic rings. The van der Waals surface area contributed by atoms with Crippen molar-refractivity contribution in [2.75, 3.05) is 20.2 Å². The Bertz CT molecular complexity index is 300. The van der Waals surface area contributed by atoms with Crippen LogP contribution < -0.4 is 14.8 Å². The fraction of sp³-hybridized carbons (Fsp3) is 0.556. The van der Waals surface area contributed by atoms with Crippen LogP contribution in [0.1, 0.15) is 6.42 Å². The van der Waals surface area contributed by atoms with Gasteiger partial charge in [-0.2, -0.15) is 4.98 Å². The van der Waals surface area contributed by atoms with Crippen molar-refractivity contribution in [3.05, 3.63) is 12.3 Å². The summed E-state index contributed by atoms with van der Waals surface area (Å²) < 4.78 is 10.5. The summed E-state index contributed by atoms with van der Waals surface area (Å²) in [7, 11) is 1.57. The lowest BCUT2D eigenvalue weighted by Crippen LogP contribution is -2.20. The van der Waals surface area contributed by atoms with Crippen molar-refractivity contribution in [2.24, 2.45) is 0 Å². The molecule has 1 aliphatic heterocycles. The van der Waals surface area contributed by atoms with Gasteiger partial charge in [0, 0.05) is 18.8 Å². The molecule has 0 spiro atoms. The lowest BCUT2D eigenvalue weighted by atomic mass is 10.3. The predicted octanol–water partition coefficient (Wildman–Crippen LogP) is 0.226. The molecule has 0 bridgehead atoms. The molecule has 5 nitrogen and oxygen atoms in total. The minimum Gasteiger partial charge on any atom is -0.481 e. The second-order valence-electron chi connectivity index (χ2n) is 3.11. The number of aromatic nitrogens is 2. The summed E-state index contributed by atoms with van der Waals surface area (Å²) in [5, 5.41) is 3.21. The van der Waals surface area contributed by atoms with Crippen LogP contribution in [0.25, 0.3) is 0 Å². The van der Waals surface area contributed by atoms with Gasteiger partial charge in [0.15, 0.2) is 0 Å². The van der Waals surface area contributed by atoms with Crippen LogP contribution in [0, 0.1) is 0 Å². The van der Waals surface area contributed by atoms with Crippen molar-refractivity contribution in [3.63, 3.8) is 0 Å². The first kappa shape index (κ1) is 9.21. The molecular weight excluding hydrogens is 182 g/mol. The van der Waals surface area contributed by atoms with E-state index in [9.17, 15) is 0 Å². The molecule has 76 valence electrons. The summed E-state index contributed by atoms with van der Waals surface area (Å²) >= 11 is 0. The number of nitrogens with zero attached hydrogens (tertiary/aromatic N) is 2. The second kappa shape index (κ2) is 4.23. The van der Waals surface area contributed by atoms with E-state index in [2.05, 4.69) is 15.3 Å². The van der Waals surface area contributed by atoms with Crippen molar-refractivity contribution < 1.29 is 9.47 Å². The highest BCUT2D eigenvalue weighted by Crippen LogP contribution is 2.12. The number of rotatable bonds is 3. The summed E-state index contributed by atoms with van der Waals surface area (Å²) in [6.45, 7) is 1.86. The summed E-state index contributed by atoms with van der Waals surface area (Å²) in [5.41, 5.74) is 0. The first-order valence-electron chi connectivity index (χ1n) is 4.63. The Balaban J connectivity index is 2.00. The third-order valence-electron chi connectivity index (χ3n) is 2.10. The van der Waals surface area contributed by atoms with E-state index in [0.717, 1.165) is 19.5 Å². The van der Waals surface area contributed by atoms with E-state index in [0.29, 0.717) is 11.9 Å². The van der Waals surface area contributed by atoms with E-state index in [1.807, 2.05) is 0 Å². The van der Waals surface area contributed by atoms with Gasteiger partial charge >= 0.3 is 6.01 Å². The van der Waals surface area contributed by atoms with Crippen molar-refractivity contribution in [2.45, 2.75) is 12.5 Å². The Morgan fingerprint density at radius 2 is 2.50 bits per heavy atom. The molecule has 14 heavy (non-hydrogen) atoms. The lowest BCUT2D eigenvalue weighted by Gasteiger charge is -2.10. The molecule has 1 aromatic heterocycles. The maximum atomic E-state index is 5.55. The van der Waals surface area contributed by atoms with Crippen molar-refractivity contribution in [1.82, 2.24) is 15.3 Å². The molecule has 2 rings (SSSR count). The standard InChI is InChI=1S/C9H13N3O2/c1-13-8-3-5-11-9(12-8)14-7-2-4-10-6-7/h3,5,7,10H,2,4,6H2,1H3/t7-/m1/s1. The lowest BCUT2D eigenvalue weighted by molar-refractivity contribution is 0.201. The van der Waals surface area contributed by atoms with Gasteiger partial charge in [-0.3, -0.25) is 0 Å². The fourth-order valence-electron chi connectivity index (χ4n) is 1.37. The SMILES string of the molecule is COc1ccnc(O[C@@H]2CCNC2)n1. The van der Waals surface area contributed by atoms with Gasteiger partial charge in [0.05, 0.1) is 7.11 Å². The Morgan fingerprint density at radius 1 is 1.57 bits per heavy atom. The number of ether oxygens (including phenoxy) is 2. The maximum Gasteiger partial charge on any atom is 0.319 e. The van der Waals surface area contributed by atoms with Gasteiger partial charge in [0.25, 0.3) is 0 Å². The molecule has 1 saturated heterocycles. The van der Waals surface area contributed by atoms with Gasteiger partial charge < -0.3 is 14.8 Å². The summed E-state index contributed by atoms with van der Waals surface area (Å²) in [6.07, 6.45) is 2.81. The first-order valence-corrected chi connectivity index (χ1v) is 4.63. The minimum absolute atomic E-state index is 0.183. The molecule has 5 heteroatoms. The zero-order chi connectivity index (χ0) is 9.80. The molecule has 1 N–H and O–H groups in total. The van der Waals surface area contributed by atoms with Crippen LogP contribution in [0.5, 0.6) is 11.9 Å². The molecular formula is C9H13N3O2. The monoisotopic (exact) mass is 195 g/mol. The average molecular weight is 195 g/mol. The summed E-state index contributed by atoms with van der Waals surface area (Å²) in [6, 6.07) is 2.08. The molecule has 1 atom stereocenters. The van der Waals surface area contributed by atoms with Crippen LogP contribution in [0.2, 0.25) is 0 Å². The van der Waals surface area contributed by atoms with Gasteiger partial charge in [0.1, 0.15) is 6.10 Å². The van der Waals surface area contributed by atoms with Crippen LogP contribution in [0.15, 0.2) is 12.3 Å². The van der Waals surface area contributed by atoms with Crippen molar-refractivity contribution in [1.29, 1.82) is 0 Å². The van der Waals surface area contributed by atoms with Crippen LogP contribution in [-0.4, -0.2) is 36.3 Å². The fourth-order valence-corrected chi connectivity index (χ4v) is 1.37. The maximum absolute atomic E-state index is 5.55. The zero-order valence-corrected chi connectivity index (χ0v) is 8.06. The molecule has 0 unspecified atom stereocenters. The zero-order valence-electron chi connectivity index (χ0n) is 8.06. The molecule has 1 aromatic rings. The van der Waals surface area contributed by atoms with Gasteiger partial charge in [-0.15, -0.1) is 0 Å². The second-order valence-corrected chi connectivity index (χ2v) is 3.11. The number of hydrogen-bond acceptors (Lipinski definition) is 5. The van der Waals surface area contributed by atoms with Crippen LogP contribution >= 0.6 is 0 Å². The largest absolute Gasteiger partial charge is 0.481 e. The Labute approximate surface area is 82.5 Å². The highest BCUT2D eigenvalue weighted by molar-refractivity contribution is 5.11. The van der Waals surface area contributed by atoms with Crippen molar-refractivity contribution >= 4 is 0 Å². The summed E-state index contributed by atoms with van der Waals surface area (Å²) in [4.78, 5) is 8.08. The van der Waals surface area contributed by atoms with E-state index in [1.165, 1.54) is 0 Å². The van der Waals surface area contributed by atoms with Crippen LogP contribution in [0.4, 0.5) is 0 Å². The summed E-state index contributed by atoms with van der Waals surface area (Å²) in [5.74, 6) is 0.529. The molecule has 0 aromatic carbocycles. The first-order chi connectivity index (χ1) is 6.88. The number of nitrogens with one attached hydrogen (secondary N) is 1. The van der Waals surface area contributed by atoms with Crippen molar-refractivity contribution in [3.8, 4) is 11.9 Å². The van der Waals surface area contributed by atoms with E-state index in [4.69, 9.17) is 9.47 Å². The van der Waals surface area contributed by atoms with E-state index in [-0.39, 0.29) is 6.10 Å². The molecule has 1 fully saturated rings. The van der Waals surface area contributed by atoms with E-state index >= 15 is 0 Å². The highest BCUT2D eigenvalue weighted by atomic mass is 16.5. The Morgan fingerprint density at radius 3 is 3.21 bits per heavy atom. The van der Waals surface area contributed by atoms with Gasteiger partial charge in [-0.25, -0.2) is 4.98 Å². The third-order valence-corrected chi connectivity index (χ3v) is 2.10. The third kappa shape index (κ3) is 2.11. The molecule has 2 heterocycles. The van der Waals surface area contributed by atoms with Gasteiger partial charge in [0.2, 0.25) is 5.88 Å². The Hall–Kier alpha value is -1.36. The quantitative estimate of drug-likeness (QED) is 0.748. The smallest absolute Gasteiger partial charge is 0.319 e. The number of hydrogen-bond donors (Lipinski definition) is 1. The van der Waals surface area contributed by atoms with Crippen LogP contribution in [-0.2, 0) is 0 Å². The highest BCUT2D eigenvalue weighted by Gasteiger charge is 2.17. The van der Waals surface area contributed by atoms with Gasteiger partial charge in [-0.1, -0.05) is 0 Å². The van der Waals surface area contributed by atoms with Crippen LogP contribution in [0.3, 0.4) is 0 Å². The number of methoxy groups -OCH3 is 1. The molecule has 0 aliphatic carbocycles. The predicted molar refractivity (Wildman–Crippen MR) is 50.5 cm³/mol. The Kier molecular flexibility index (Phi) is 2.78.